The SMILES string of the molecule is [B]c1c(N)c(N)c(O)c2c1C(C)(C)C(C)(C)C2(C)C. The van der Waals surface area contributed by atoms with E-state index in [1.54, 1.807) is 0 Å². The average Bonchev–Trinajstić information content (AvgIpc) is 2.39. The van der Waals surface area contributed by atoms with E-state index in [0.29, 0.717) is 5.46 Å². The molecule has 1 aromatic rings. The summed E-state index contributed by atoms with van der Waals surface area (Å²) in [4.78, 5) is 0. The molecule has 102 valence electrons. The quantitative estimate of drug-likeness (QED) is 0.378. The van der Waals surface area contributed by atoms with Gasteiger partial charge in [0.1, 0.15) is 13.6 Å². The van der Waals surface area contributed by atoms with Crippen LogP contribution in [0.1, 0.15) is 52.7 Å². The van der Waals surface area contributed by atoms with Crippen LogP contribution in [0, 0.1) is 5.41 Å². The molecule has 2 rings (SSSR count). The lowest BCUT2D eigenvalue weighted by Crippen LogP contribution is -2.43. The van der Waals surface area contributed by atoms with Crippen LogP contribution in [0.3, 0.4) is 0 Å². The second-order valence-electron chi connectivity index (χ2n) is 7.21. The van der Waals surface area contributed by atoms with E-state index < -0.39 is 0 Å². The minimum Gasteiger partial charge on any atom is -0.505 e. The Hall–Kier alpha value is -1.32. The lowest BCUT2D eigenvalue weighted by molar-refractivity contribution is 0.124. The van der Waals surface area contributed by atoms with Crippen molar-refractivity contribution in [1.29, 1.82) is 0 Å². The molecule has 0 spiro atoms. The fraction of sp³-hybridized carbons (Fsp3) is 0.600. The second-order valence-corrected chi connectivity index (χ2v) is 7.21. The van der Waals surface area contributed by atoms with Crippen LogP contribution in [-0.4, -0.2) is 13.0 Å². The third kappa shape index (κ3) is 1.30. The molecule has 1 aromatic carbocycles. The van der Waals surface area contributed by atoms with Gasteiger partial charge in [-0.25, -0.2) is 0 Å². The molecule has 0 heterocycles. The van der Waals surface area contributed by atoms with Crippen molar-refractivity contribution < 1.29 is 5.11 Å². The summed E-state index contributed by atoms with van der Waals surface area (Å²) in [5.41, 5.74) is 14.1. The van der Waals surface area contributed by atoms with Gasteiger partial charge in [0.25, 0.3) is 0 Å². The maximum atomic E-state index is 10.5. The van der Waals surface area contributed by atoms with E-state index in [0.717, 1.165) is 11.1 Å². The number of fused-ring (bicyclic) bond motifs is 1. The van der Waals surface area contributed by atoms with E-state index in [-0.39, 0.29) is 33.4 Å². The third-order valence-corrected chi connectivity index (χ3v) is 5.97. The van der Waals surface area contributed by atoms with Crippen LogP contribution in [0.4, 0.5) is 11.4 Å². The molecule has 0 atom stereocenters. The molecular weight excluding hydrogens is 235 g/mol. The Bertz CT molecular complexity index is 525. The maximum absolute atomic E-state index is 10.5. The minimum atomic E-state index is -0.244. The molecule has 0 unspecified atom stereocenters. The number of nitrogen functional groups attached to an aromatic ring is 2. The Morgan fingerprint density at radius 3 is 1.74 bits per heavy atom. The van der Waals surface area contributed by atoms with Gasteiger partial charge in [0.2, 0.25) is 0 Å². The van der Waals surface area contributed by atoms with Crippen LogP contribution in [-0.2, 0) is 10.8 Å². The van der Waals surface area contributed by atoms with Gasteiger partial charge in [0, 0.05) is 5.56 Å². The minimum absolute atomic E-state index is 0.0883. The topological polar surface area (TPSA) is 72.3 Å². The molecule has 0 saturated heterocycles. The van der Waals surface area contributed by atoms with Gasteiger partial charge < -0.3 is 16.6 Å². The normalized spacial score (nSPS) is 22.2. The van der Waals surface area contributed by atoms with E-state index >= 15 is 0 Å². The zero-order valence-electron chi connectivity index (χ0n) is 12.7. The van der Waals surface area contributed by atoms with Gasteiger partial charge in [0.05, 0.1) is 11.4 Å². The number of hydrogen-bond acceptors (Lipinski definition) is 3. The average molecular weight is 258 g/mol. The van der Waals surface area contributed by atoms with Gasteiger partial charge >= 0.3 is 0 Å². The fourth-order valence-electron chi connectivity index (χ4n) is 3.46. The number of phenolic OH excluding ortho intramolecular Hbond substituents is 1. The van der Waals surface area contributed by atoms with E-state index in [1.165, 1.54) is 0 Å². The molecule has 0 aliphatic heterocycles. The van der Waals surface area contributed by atoms with Gasteiger partial charge in [-0.05, 0) is 21.8 Å². The van der Waals surface area contributed by atoms with Crippen LogP contribution in [0.5, 0.6) is 5.75 Å². The first kappa shape index (κ1) is 14.1. The molecule has 2 radical (unpaired) electrons. The van der Waals surface area contributed by atoms with Crippen molar-refractivity contribution in [3.05, 3.63) is 11.1 Å². The highest BCUT2D eigenvalue weighted by atomic mass is 16.3. The molecule has 0 aromatic heterocycles. The Kier molecular flexibility index (Phi) is 2.53. The largest absolute Gasteiger partial charge is 0.505 e. The standard InChI is InChI=1S/C15H23BN2O/c1-13(2)7-8(14(3,4)15(13,5)6)12(19)11(18)10(17)9(7)16/h19H,17-18H2,1-6H3. The Balaban J connectivity index is 3.02. The monoisotopic (exact) mass is 258 g/mol. The number of hydrogen-bond donors (Lipinski definition) is 3. The van der Waals surface area contributed by atoms with E-state index in [4.69, 9.17) is 19.3 Å². The van der Waals surface area contributed by atoms with Crippen molar-refractivity contribution in [2.45, 2.75) is 52.4 Å². The molecule has 3 nitrogen and oxygen atoms in total. The summed E-state index contributed by atoms with van der Waals surface area (Å²) in [5.74, 6) is 0.0883. The third-order valence-electron chi connectivity index (χ3n) is 5.97. The zero-order valence-corrected chi connectivity index (χ0v) is 12.7. The van der Waals surface area contributed by atoms with Crippen molar-refractivity contribution in [3.63, 3.8) is 0 Å². The molecule has 1 aliphatic rings. The Morgan fingerprint density at radius 2 is 1.26 bits per heavy atom. The summed E-state index contributed by atoms with van der Waals surface area (Å²) in [6.45, 7) is 12.9. The van der Waals surface area contributed by atoms with E-state index in [2.05, 4.69) is 41.5 Å². The smallest absolute Gasteiger partial charge is 0.144 e. The van der Waals surface area contributed by atoms with Crippen LogP contribution in [0.25, 0.3) is 0 Å². The summed E-state index contributed by atoms with van der Waals surface area (Å²) >= 11 is 0. The lowest BCUT2D eigenvalue weighted by Gasteiger charge is -2.44. The van der Waals surface area contributed by atoms with Crippen molar-refractivity contribution in [2.24, 2.45) is 5.41 Å². The first-order valence-corrected chi connectivity index (χ1v) is 6.59. The number of rotatable bonds is 0. The van der Waals surface area contributed by atoms with Gasteiger partial charge in [-0.15, -0.1) is 0 Å². The van der Waals surface area contributed by atoms with Crippen LogP contribution in [0.2, 0.25) is 0 Å². The van der Waals surface area contributed by atoms with Crippen molar-refractivity contribution in [3.8, 4) is 5.75 Å². The first-order chi connectivity index (χ1) is 8.39. The zero-order chi connectivity index (χ0) is 15.0. The molecule has 1 aliphatic carbocycles. The van der Waals surface area contributed by atoms with E-state index in [9.17, 15) is 5.11 Å². The number of aromatic hydroxyl groups is 1. The number of phenols is 1. The lowest BCUT2D eigenvalue weighted by atomic mass is 9.59. The number of nitrogens with two attached hydrogens (primary N) is 2. The number of benzene rings is 1. The predicted octanol–water partition coefficient (Wildman–Crippen LogP) is 1.95. The molecule has 19 heavy (non-hydrogen) atoms. The van der Waals surface area contributed by atoms with Crippen molar-refractivity contribution >= 4 is 24.7 Å². The van der Waals surface area contributed by atoms with Gasteiger partial charge in [-0.1, -0.05) is 47.0 Å². The summed E-state index contributed by atoms with van der Waals surface area (Å²) in [6.07, 6.45) is 0. The van der Waals surface area contributed by atoms with Crippen molar-refractivity contribution in [2.75, 3.05) is 11.5 Å². The molecule has 0 bridgehead atoms. The molecule has 0 saturated carbocycles. The highest BCUT2D eigenvalue weighted by Crippen LogP contribution is 2.63. The second kappa shape index (κ2) is 3.41. The fourth-order valence-corrected chi connectivity index (χ4v) is 3.46. The summed E-state index contributed by atoms with van der Waals surface area (Å²) in [7, 11) is 6.21. The highest BCUT2D eigenvalue weighted by molar-refractivity contribution is 6.38. The Labute approximate surface area is 116 Å². The van der Waals surface area contributed by atoms with Crippen LogP contribution >= 0.6 is 0 Å². The van der Waals surface area contributed by atoms with Crippen LogP contribution < -0.4 is 16.9 Å². The predicted molar refractivity (Wildman–Crippen MR) is 82.2 cm³/mol. The van der Waals surface area contributed by atoms with Crippen molar-refractivity contribution in [1.82, 2.24) is 0 Å². The van der Waals surface area contributed by atoms with Gasteiger partial charge in [0.15, 0.2) is 0 Å². The van der Waals surface area contributed by atoms with E-state index in [1.807, 2.05) is 0 Å². The maximum Gasteiger partial charge on any atom is 0.144 e. The summed E-state index contributed by atoms with van der Waals surface area (Å²) < 4.78 is 0. The highest BCUT2D eigenvalue weighted by Gasteiger charge is 2.58. The molecule has 5 N–H and O–H groups in total. The molecule has 0 amide bonds. The number of anilines is 2. The Morgan fingerprint density at radius 1 is 0.842 bits per heavy atom. The van der Waals surface area contributed by atoms with Gasteiger partial charge in [-0.3, -0.25) is 0 Å². The van der Waals surface area contributed by atoms with Crippen LogP contribution in [0.15, 0.2) is 0 Å². The molecular formula is C15H23BN2O. The first-order valence-electron chi connectivity index (χ1n) is 6.59. The molecule has 4 heteroatoms. The summed E-state index contributed by atoms with van der Waals surface area (Å²) in [6, 6.07) is 0. The molecule has 0 fully saturated rings. The van der Waals surface area contributed by atoms with Gasteiger partial charge in [-0.2, -0.15) is 0 Å². The summed E-state index contributed by atoms with van der Waals surface area (Å²) in [5, 5.41) is 10.5.